The molecule has 1 fully saturated rings. The Morgan fingerprint density at radius 3 is 2.75 bits per heavy atom. The van der Waals surface area contributed by atoms with Gasteiger partial charge in [-0.05, 0) is 36.0 Å². The second-order valence-corrected chi connectivity index (χ2v) is 10.0. The quantitative estimate of drug-likeness (QED) is 0.530. The Kier molecular flexibility index (Phi) is 7.95. The Bertz CT molecular complexity index is 895. The number of nitrogens with one attached hydrogen (secondary N) is 2. The molecular weight excluding hydrogens is 424 g/mol. The molecular formula is C24H34N4O3S. The molecule has 174 valence electrons. The number of amides is 1. The fourth-order valence-corrected chi connectivity index (χ4v) is 5.08. The molecule has 1 amide bonds. The summed E-state index contributed by atoms with van der Waals surface area (Å²) in [5, 5.41) is 11.1. The number of carbonyl (C=O) groups is 1. The van der Waals surface area contributed by atoms with Crippen molar-refractivity contribution < 1.29 is 14.3 Å². The zero-order chi connectivity index (χ0) is 22.3. The first kappa shape index (κ1) is 23.0. The van der Waals surface area contributed by atoms with E-state index in [-0.39, 0.29) is 23.6 Å². The molecule has 2 N–H and O–H groups in total. The Morgan fingerprint density at radius 1 is 1.19 bits per heavy atom. The van der Waals surface area contributed by atoms with Gasteiger partial charge in [0.05, 0.1) is 25.0 Å². The molecule has 1 aliphatic carbocycles. The fourth-order valence-electron chi connectivity index (χ4n) is 4.45. The van der Waals surface area contributed by atoms with Crippen LogP contribution in [0.4, 0.5) is 0 Å². The van der Waals surface area contributed by atoms with Crippen molar-refractivity contribution in [2.45, 2.75) is 70.0 Å². The summed E-state index contributed by atoms with van der Waals surface area (Å²) in [6.45, 7) is 5.52. The maximum atomic E-state index is 12.7. The highest BCUT2D eigenvalue weighted by molar-refractivity contribution is 7.99. The van der Waals surface area contributed by atoms with Crippen LogP contribution in [0.3, 0.4) is 0 Å². The van der Waals surface area contributed by atoms with E-state index in [2.05, 4.69) is 34.3 Å². The van der Waals surface area contributed by atoms with Crippen LogP contribution in [-0.4, -0.2) is 40.1 Å². The summed E-state index contributed by atoms with van der Waals surface area (Å²) < 4.78 is 11.5. The van der Waals surface area contributed by atoms with E-state index in [1.165, 1.54) is 43.9 Å². The highest BCUT2D eigenvalue weighted by Crippen LogP contribution is 2.34. The van der Waals surface area contributed by atoms with Crippen molar-refractivity contribution in [3.8, 4) is 11.5 Å². The highest BCUT2D eigenvalue weighted by atomic mass is 32.2. The molecule has 32 heavy (non-hydrogen) atoms. The molecule has 0 spiro atoms. The summed E-state index contributed by atoms with van der Waals surface area (Å²) in [6, 6.07) is 5.84. The number of H-pyrrole nitrogens is 1. The standard InChI is InChI=1S/C24H34N4O3S/c1-16(2)23(18-9-10-19-20(14-18)31-13-5-12-30-19)26-22(29)15-32-24-25-21(27-28-24)11-8-17-6-3-4-7-17/h9-10,14,16-17,23H,3-8,11-13,15H2,1-2H3,(H,26,29)(H,25,27,28). The first-order chi connectivity index (χ1) is 15.6. The lowest BCUT2D eigenvalue weighted by Crippen LogP contribution is -2.33. The molecule has 0 bridgehead atoms. The van der Waals surface area contributed by atoms with Crippen LogP contribution in [0.1, 0.15) is 69.8 Å². The molecule has 1 unspecified atom stereocenters. The summed E-state index contributed by atoms with van der Waals surface area (Å²) in [6.07, 6.45) is 8.39. The van der Waals surface area contributed by atoms with Gasteiger partial charge in [0.25, 0.3) is 0 Å². The van der Waals surface area contributed by atoms with E-state index in [1.807, 2.05) is 18.2 Å². The molecule has 2 heterocycles. The largest absolute Gasteiger partial charge is 0.490 e. The third-order valence-electron chi connectivity index (χ3n) is 6.22. The SMILES string of the molecule is CC(C)C(NC(=O)CSc1n[nH]c(CCC2CCCC2)n1)c1ccc2c(c1)OCCCO2. The Morgan fingerprint density at radius 2 is 1.97 bits per heavy atom. The maximum absolute atomic E-state index is 12.7. The van der Waals surface area contributed by atoms with Gasteiger partial charge in [0, 0.05) is 12.8 Å². The molecule has 1 atom stereocenters. The van der Waals surface area contributed by atoms with Gasteiger partial charge < -0.3 is 14.8 Å². The number of aromatic amines is 1. The van der Waals surface area contributed by atoms with Crippen LogP contribution in [0.25, 0.3) is 0 Å². The molecule has 4 rings (SSSR count). The van der Waals surface area contributed by atoms with Crippen LogP contribution in [0.5, 0.6) is 11.5 Å². The van der Waals surface area contributed by atoms with Gasteiger partial charge in [-0.15, -0.1) is 5.10 Å². The van der Waals surface area contributed by atoms with Crippen LogP contribution in [-0.2, 0) is 11.2 Å². The second kappa shape index (κ2) is 11.1. The van der Waals surface area contributed by atoms with E-state index in [1.54, 1.807) is 0 Å². The Balaban J connectivity index is 1.29. The number of fused-ring (bicyclic) bond motifs is 1. The van der Waals surface area contributed by atoms with Gasteiger partial charge in [-0.25, -0.2) is 4.98 Å². The fraction of sp³-hybridized carbons (Fsp3) is 0.625. The lowest BCUT2D eigenvalue weighted by atomic mass is 9.95. The zero-order valence-electron chi connectivity index (χ0n) is 19.1. The van der Waals surface area contributed by atoms with Crippen molar-refractivity contribution in [2.75, 3.05) is 19.0 Å². The summed E-state index contributed by atoms with van der Waals surface area (Å²) in [4.78, 5) is 17.3. The molecule has 2 aromatic rings. The number of hydrogen-bond donors (Lipinski definition) is 2. The van der Waals surface area contributed by atoms with E-state index >= 15 is 0 Å². The van der Waals surface area contributed by atoms with Crippen LogP contribution in [0.2, 0.25) is 0 Å². The minimum atomic E-state index is -0.102. The molecule has 1 aromatic heterocycles. The third kappa shape index (κ3) is 6.18. The number of aryl methyl sites for hydroxylation is 1. The van der Waals surface area contributed by atoms with Gasteiger partial charge in [0.2, 0.25) is 11.1 Å². The topological polar surface area (TPSA) is 89.1 Å². The minimum absolute atomic E-state index is 0.0295. The number of thioether (sulfide) groups is 1. The molecule has 7 nitrogen and oxygen atoms in total. The van der Waals surface area contributed by atoms with E-state index in [0.29, 0.717) is 18.4 Å². The first-order valence-corrected chi connectivity index (χ1v) is 12.8. The van der Waals surface area contributed by atoms with Crippen molar-refractivity contribution in [2.24, 2.45) is 11.8 Å². The normalized spacial score (nSPS) is 17.3. The van der Waals surface area contributed by atoms with E-state index in [0.717, 1.165) is 41.6 Å². The molecule has 0 radical (unpaired) electrons. The predicted molar refractivity (Wildman–Crippen MR) is 125 cm³/mol. The lowest BCUT2D eigenvalue weighted by Gasteiger charge is -2.23. The van der Waals surface area contributed by atoms with Crippen LogP contribution < -0.4 is 14.8 Å². The van der Waals surface area contributed by atoms with Crippen molar-refractivity contribution in [1.82, 2.24) is 20.5 Å². The lowest BCUT2D eigenvalue weighted by molar-refractivity contribution is -0.119. The van der Waals surface area contributed by atoms with Crippen LogP contribution in [0.15, 0.2) is 23.4 Å². The summed E-state index contributed by atoms with van der Waals surface area (Å²) >= 11 is 1.37. The predicted octanol–water partition coefficient (Wildman–Crippen LogP) is 4.69. The highest BCUT2D eigenvalue weighted by Gasteiger charge is 2.22. The van der Waals surface area contributed by atoms with Gasteiger partial charge in [0.1, 0.15) is 5.82 Å². The number of aromatic nitrogens is 3. The summed E-state index contributed by atoms with van der Waals surface area (Å²) in [7, 11) is 0. The van der Waals surface area contributed by atoms with Gasteiger partial charge in [-0.1, -0.05) is 57.4 Å². The first-order valence-electron chi connectivity index (χ1n) is 11.8. The number of hydrogen-bond acceptors (Lipinski definition) is 6. The second-order valence-electron chi connectivity index (χ2n) is 9.09. The van der Waals surface area contributed by atoms with Gasteiger partial charge in [-0.3, -0.25) is 9.89 Å². The number of rotatable bonds is 9. The zero-order valence-corrected chi connectivity index (χ0v) is 19.9. The van der Waals surface area contributed by atoms with Gasteiger partial charge in [0.15, 0.2) is 11.5 Å². The van der Waals surface area contributed by atoms with Crippen molar-refractivity contribution in [1.29, 1.82) is 0 Å². The molecule has 2 aliphatic rings. The van der Waals surface area contributed by atoms with Crippen molar-refractivity contribution in [3.05, 3.63) is 29.6 Å². The van der Waals surface area contributed by atoms with E-state index in [9.17, 15) is 4.79 Å². The van der Waals surface area contributed by atoms with E-state index < -0.39 is 0 Å². The maximum Gasteiger partial charge on any atom is 0.230 e. The summed E-state index contributed by atoms with van der Waals surface area (Å²) in [5.74, 6) is 3.77. The van der Waals surface area contributed by atoms with Crippen molar-refractivity contribution in [3.63, 3.8) is 0 Å². The summed E-state index contributed by atoms with van der Waals surface area (Å²) in [5.41, 5.74) is 1.02. The molecule has 8 heteroatoms. The number of benzene rings is 1. The van der Waals surface area contributed by atoms with Gasteiger partial charge in [-0.2, -0.15) is 0 Å². The van der Waals surface area contributed by atoms with Gasteiger partial charge >= 0.3 is 0 Å². The third-order valence-corrected chi connectivity index (χ3v) is 7.07. The number of ether oxygens (including phenoxy) is 2. The number of nitrogens with zero attached hydrogens (tertiary/aromatic N) is 2. The smallest absolute Gasteiger partial charge is 0.230 e. The molecule has 1 saturated carbocycles. The number of carbonyl (C=O) groups excluding carboxylic acids is 1. The van der Waals surface area contributed by atoms with E-state index in [4.69, 9.17) is 9.47 Å². The Hall–Kier alpha value is -2.22. The Labute approximate surface area is 194 Å². The molecule has 1 aliphatic heterocycles. The molecule has 0 saturated heterocycles. The monoisotopic (exact) mass is 458 g/mol. The molecule has 1 aromatic carbocycles. The van der Waals surface area contributed by atoms with Crippen LogP contribution in [0, 0.1) is 11.8 Å². The van der Waals surface area contributed by atoms with Crippen LogP contribution >= 0.6 is 11.8 Å². The average Bonchev–Trinajstić information content (AvgIpc) is 3.41. The minimum Gasteiger partial charge on any atom is -0.490 e. The average molecular weight is 459 g/mol. The van der Waals surface area contributed by atoms with Crippen molar-refractivity contribution >= 4 is 17.7 Å².